The van der Waals surface area contributed by atoms with Crippen LogP contribution in [0.25, 0.3) is 0 Å². The van der Waals surface area contributed by atoms with Crippen molar-refractivity contribution >= 4 is 29.6 Å². The average molecular weight is 628 g/mol. The van der Waals surface area contributed by atoms with Crippen LogP contribution in [-0.4, -0.2) is 59.0 Å². The van der Waals surface area contributed by atoms with Gasteiger partial charge in [-0.15, -0.1) is 6.58 Å². The largest absolute Gasteiger partial charge is 0.444 e. The monoisotopic (exact) mass is 627 g/mol. The van der Waals surface area contributed by atoms with Gasteiger partial charge in [0.25, 0.3) is 11.8 Å². The molecule has 0 spiro atoms. The molecular formula is C35H53N3O7. The summed E-state index contributed by atoms with van der Waals surface area (Å²) in [5.41, 5.74) is -1.90. The zero-order valence-corrected chi connectivity index (χ0v) is 27.9. The Bertz CT molecular complexity index is 1220. The molecular weight excluding hydrogens is 574 g/mol. The molecule has 0 aromatic heterocycles. The third-order valence-corrected chi connectivity index (χ3v) is 9.29. The van der Waals surface area contributed by atoms with Crippen LogP contribution in [0.4, 0.5) is 4.79 Å². The molecule has 0 aromatic rings. The summed E-state index contributed by atoms with van der Waals surface area (Å²) in [6, 6.07) is 0. The number of hydrogen-bond donors (Lipinski definition) is 4. The van der Waals surface area contributed by atoms with Crippen molar-refractivity contribution in [2.45, 2.75) is 104 Å². The number of amides is 4. The predicted molar refractivity (Wildman–Crippen MR) is 172 cm³/mol. The Hall–Kier alpha value is -3.27. The molecule has 7 unspecified atom stereocenters. The number of allylic oxidation sites excluding steroid dienone is 2. The number of hydrogen-bond acceptors (Lipinski definition) is 7. The molecule has 45 heavy (non-hydrogen) atoms. The first-order chi connectivity index (χ1) is 21.1. The maximum atomic E-state index is 14.3. The molecule has 0 saturated heterocycles. The molecule has 7 atom stereocenters. The molecule has 4 amide bonds. The van der Waals surface area contributed by atoms with E-state index in [1.807, 2.05) is 13.8 Å². The van der Waals surface area contributed by atoms with Gasteiger partial charge in [-0.3, -0.25) is 24.5 Å². The number of nitrogens with one attached hydrogen (secondary N) is 3. The van der Waals surface area contributed by atoms with E-state index in [9.17, 15) is 29.1 Å². The highest BCUT2D eigenvalue weighted by atomic mass is 16.6. The molecule has 3 aliphatic rings. The molecule has 250 valence electrons. The third kappa shape index (κ3) is 8.93. The zero-order valence-electron chi connectivity index (χ0n) is 27.9. The Morgan fingerprint density at radius 2 is 1.78 bits per heavy atom. The number of aliphatic hydroxyl groups is 1. The first-order valence-corrected chi connectivity index (χ1v) is 16.6. The standard InChI is InChI=1S/C35H53N3O7/c1-8-10-11-14-23(9-2)26-27(32(42)38-31(26)41)29(39)25-21(3)15-16-35(44)20-24(19-22(4)28(25)35)30(40)36-17-12-13-18-37-33(43)45-34(5,6)7/h9,15-16,21-25,28,44H,2,8,10-14,17-20H2,1,3-7H3,(H,36,40)(H,37,43)(H,38,41,42). The Morgan fingerprint density at radius 3 is 2.40 bits per heavy atom. The second-order valence-electron chi connectivity index (χ2n) is 14.1. The van der Waals surface area contributed by atoms with Gasteiger partial charge in [-0.05, 0) is 64.7 Å². The quantitative estimate of drug-likeness (QED) is 0.0956. The van der Waals surface area contributed by atoms with Crippen LogP contribution in [0.15, 0.2) is 36.0 Å². The number of carbonyl (C=O) groups excluding carboxylic acids is 5. The Kier molecular flexibility index (Phi) is 12.3. The van der Waals surface area contributed by atoms with E-state index in [0.717, 1.165) is 19.3 Å². The average Bonchev–Trinajstić information content (AvgIpc) is 3.25. The molecule has 1 saturated carbocycles. The number of imide groups is 1. The number of alkyl carbamates (subject to hydrolysis) is 1. The summed E-state index contributed by atoms with van der Waals surface area (Å²) in [5, 5.41) is 20.0. The van der Waals surface area contributed by atoms with Crippen molar-refractivity contribution in [3.8, 4) is 0 Å². The van der Waals surface area contributed by atoms with Gasteiger partial charge in [-0.2, -0.15) is 0 Å². The summed E-state index contributed by atoms with van der Waals surface area (Å²) in [6.07, 6.45) is 10.1. The fourth-order valence-corrected chi connectivity index (χ4v) is 7.25. The van der Waals surface area contributed by atoms with Gasteiger partial charge >= 0.3 is 6.09 Å². The zero-order chi connectivity index (χ0) is 33.5. The van der Waals surface area contributed by atoms with Crippen LogP contribution < -0.4 is 16.0 Å². The maximum Gasteiger partial charge on any atom is 0.407 e. The molecule has 0 bridgehead atoms. The fourth-order valence-electron chi connectivity index (χ4n) is 7.25. The van der Waals surface area contributed by atoms with Crippen molar-refractivity contribution in [1.29, 1.82) is 0 Å². The molecule has 1 aliphatic heterocycles. The molecule has 1 fully saturated rings. The smallest absolute Gasteiger partial charge is 0.407 e. The second-order valence-corrected chi connectivity index (χ2v) is 14.1. The molecule has 1 heterocycles. The summed E-state index contributed by atoms with van der Waals surface area (Å²) in [6.45, 7) is 16.1. The fraction of sp³-hybridized carbons (Fsp3) is 0.686. The van der Waals surface area contributed by atoms with E-state index < -0.39 is 58.6 Å². The number of Topliss-reactive ketones (excluding diaryl/α,β-unsaturated/α-hetero) is 1. The summed E-state index contributed by atoms with van der Waals surface area (Å²) < 4.78 is 5.22. The number of fused-ring (bicyclic) bond motifs is 1. The van der Waals surface area contributed by atoms with Crippen LogP contribution in [-0.2, 0) is 23.9 Å². The van der Waals surface area contributed by atoms with Gasteiger partial charge in [0.1, 0.15) is 5.60 Å². The SMILES string of the molecule is C=CC(CCCCC)C1=C(C(=O)C2C(C)C=CC3(O)CC(C(=O)NCCCCNC(=O)OC(C)(C)C)CC(C)C23)C(=O)NC1=O. The maximum absolute atomic E-state index is 14.3. The summed E-state index contributed by atoms with van der Waals surface area (Å²) in [7, 11) is 0. The minimum absolute atomic E-state index is 0.107. The minimum Gasteiger partial charge on any atom is -0.444 e. The van der Waals surface area contributed by atoms with Gasteiger partial charge < -0.3 is 20.5 Å². The lowest BCUT2D eigenvalue weighted by molar-refractivity contribution is -0.144. The lowest BCUT2D eigenvalue weighted by atomic mass is 9.55. The molecule has 10 nitrogen and oxygen atoms in total. The molecule has 4 N–H and O–H groups in total. The van der Waals surface area contributed by atoms with Gasteiger partial charge in [0.2, 0.25) is 5.91 Å². The van der Waals surface area contributed by atoms with Gasteiger partial charge in [0, 0.05) is 42.3 Å². The summed E-state index contributed by atoms with van der Waals surface area (Å²) >= 11 is 0. The minimum atomic E-state index is -1.41. The number of carbonyl (C=O) groups is 5. The number of ether oxygens (including phenoxy) is 1. The normalized spacial score (nSPS) is 28.6. The Labute approximate surface area is 267 Å². The number of unbranched alkanes of at least 4 members (excludes halogenated alkanes) is 3. The van der Waals surface area contributed by atoms with Crippen molar-refractivity contribution in [3.05, 3.63) is 36.0 Å². The van der Waals surface area contributed by atoms with Crippen LogP contribution in [0.2, 0.25) is 0 Å². The van der Waals surface area contributed by atoms with E-state index >= 15 is 0 Å². The lowest BCUT2D eigenvalue weighted by Crippen LogP contribution is -2.56. The molecule has 0 radical (unpaired) electrons. The van der Waals surface area contributed by atoms with Gasteiger partial charge in [-0.25, -0.2) is 4.79 Å². The van der Waals surface area contributed by atoms with Crippen LogP contribution in [0.3, 0.4) is 0 Å². The topological polar surface area (TPSA) is 151 Å². The third-order valence-electron chi connectivity index (χ3n) is 9.29. The van der Waals surface area contributed by atoms with Crippen molar-refractivity contribution in [2.24, 2.45) is 35.5 Å². The number of ketones is 1. The second kappa shape index (κ2) is 15.3. The highest BCUT2D eigenvalue weighted by Crippen LogP contribution is 2.51. The van der Waals surface area contributed by atoms with Gasteiger partial charge in [0.05, 0.1) is 11.2 Å². The van der Waals surface area contributed by atoms with Crippen molar-refractivity contribution < 1.29 is 33.8 Å². The highest BCUT2D eigenvalue weighted by Gasteiger charge is 2.55. The summed E-state index contributed by atoms with van der Waals surface area (Å²) in [5.74, 6) is -4.41. The molecule has 2 aliphatic carbocycles. The lowest BCUT2D eigenvalue weighted by Gasteiger charge is -2.51. The van der Waals surface area contributed by atoms with E-state index in [4.69, 9.17) is 4.74 Å². The highest BCUT2D eigenvalue weighted by molar-refractivity contribution is 6.33. The molecule has 0 aromatic carbocycles. The molecule has 3 rings (SSSR count). The van der Waals surface area contributed by atoms with Crippen LogP contribution in [0.1, 0.15) is 92.9 Å². The van der Waals surface area contributed by atoms with Crippen molar-refractivity contribution in [2.75, 3.05) is 13.1 Å². The first kappa shape index (κ1) is 36.2. The number of rotatable bonds is 14. The van der Waals surface area contributed by atoms with Crippen LogP contribution in [0.5, 0.6) is 0 Å². The Morgan fingerprint density at radius 1 is 1.11 bits per heavy atom. The van der Waals surface area contributed by atoms with Crippen LogP contribution in [0, 0.1) is 35.5 Å². The molecule has 10 heteroatoms. The van der Waals surface area contributed by atoms with Crippen LogP contribution >= 0.6 is 0 Å². The van der Waals surface area contributed by atoms with E-state index in [1.54, 1.807) is 39.0 Å². The van der Waals surface area contributed by atoms with Gasteiger partial charge in [0.15, 0.2) is 5.78 Å². The summed E-state index contributed by atoms with van der Waals surface area (Å²) in [4.78, 5) is 65.2. The Balaban J connectivity index is 1.69. The van der Waals surface area contributed by atoms with E-state index in [0.29, 0.717) is 38.8 Å². The van der Waals surface area contributed by atoms with Crippen molar-refractivity contribution in [3.63, 3.8) is 0 Å². The van der Waals surface area contributed by atoms with E-state index in [2.05, 4.69) is 29.5 Å². The predicted octanol–water partition coefficient (Wildman–Crippen LogP) is 4.53. The first-order valence-electron chi connectivity index (χ1n) is 16.6. The van der Waals surface area contributed by atoms with E-state index in [-0.39, 0.29) is 35.3 Å². The van der Waals surface area contributed by atoms with Gasteiger partial charge in [-0.1, -0.05) is 58.3 Å². The van der Waals surface area contributed by atoms with E-state index in [1.165, 1.54) is 0 Å². The van der Waals surface area contributed by atoms with Crippen molar-refractivity contribution in [1.82, 2.24) is 16.0 Å².